The minimum absolute atomic E-state index is 0.0155. The Morgan fingerprint density at radius 1 is 1.06 bits per heavy atom. The van der Waals surface area contributed by atoms with Gasteiger partial charge < -0.3 is 19.5 Å². The maximum Gasteiger partial charge on any atom is 0.348 e. The molecule has 1 amide bonds. The molecule has 3 aromatic rings. The highest BCUT2D eigenvalue weighted by Crippen LogP contribution is 2.35. The first-order valence-electron chi connectivity index (χ1n) is 10.9. The van der Waals surface area contributed by atoms with Crippen LogP contribution in [0, 0.1) is 6.92 Å². The van der Waals surface area contributed by atoms with Crippen LogP contribution >= 0.6 is 23.1 Å². The number of amides is 1. The first-order valence-corrected chi connectivity index (χ1v) is 12.7. The number of nitrogens with zero attached hydrogens (tertiary/aromatic N) is 2. The van der Waals surface area contributed by atoms with Gasteiger partial charge in [-0.2, -0.15) is 0 Å². The van der Waals surface area contributed by atoms with Crippen molar-refractivity contribution in [1.82, 2.24) is 15.2 Å². The molecular weight excluding hydrogens is 492 g/mol. The van der Waals surface area contributed by atoms with Crippen LogP contribution in [-0.2, 0) is 14.3 Å². The largest absolute Gasteiger partial charge is 0.493 e. The summed E-state index contributed by atoms with van der Waals surface area (Å²) >= 11 is 2.10. The molecule has 2 N–H and O–H groups in total. The van der Waals surface area contributed by atoms with Gasteiger partial charge in [-0.15, -0.1) is 16.4 Å². The molecule has 1 aromatic carbocycles. The lowest BCUT2D eigenvalue weighted by Gasteiger charge is -2.07. The maximum atomic E-state index is 12.7. The van der Waals surface area contributed by atoms with Gasteiger partial charge in [-0.05, 0) is 45.4 Å². The van der Waals surface area contributed by atoms with E-state index in [2.05, 4.69) is 20.5 Å². The minimum Gasteiger partial charge on any atom is -0.493 e. The molecule has 3 rings (SSSR count). The summed E-state index contributed by atoms with van der Waals surface area (Å²) in [5.41, 5.74) is 1.31. The van der Waals surface area contributed by atoms with Gasteiger partial charge in [-0.1, -0.05) is 23.9 Å². The summed E-state index contributed by atoms with van der Waals surface area (Å²) in [5, 5.41) is 10.3. The number of thiophene rings is 1. The molecule has 0 aliphatic rings. The Hall–Kier alpha value is -3.38. The van der Waals surface area contributed by atoms with Crippen LogP contribution in [0.4, 0.5) is 5.00 Å². The highest BCUT2D eigenvalue weighted by atomic mass is 32.2. The lowest BCUT2D eigenvalue weighted by molar-refractivity contribution is -0.113. The summed E-state index contributed by atoms with van der Waals surface area (Å²) in [7, 11) is 0. The Morgan fingerprint density at radius 3 is 2.49 bits per heavy atom. The Morgan fingerprint density at radius 2 is 1.77 bits per heavy atom. The van der Waals surface area contributed by atoms with E-state index in [1.54, 1.807) is 20.8 Å². The van der Waals surface area contributed by atoms with Crippen molar-refractivity contribution >= 4 is 45.9 Å². The molecule has 0 aliphatic carbocycles. The number of hydrogen-bond donors (Lipinski definition) is 2. The van der Waals surface area contributed by atoms with E-state index in [1.807, 2.05) is 31.2 Å². The van der Waals surface area contributed by atoms with Crippen LogP contribution < -0.4 is 10.1 Å². The zero-order chi connectivity index (χ0) is 25.4. The van der Waals surface area contributed by atoms with Crippen LogP contribution in [0.15, 0.2) is 29.4 Å². The van der Waals surface area contributed by atoms with E-state index in [-0.39, 0.29) is 34.4 Å². The number of thioether (sulfide) groups is 1. The van der Waals surface area contributed by atoms with Crippen molar-refractivity contribution in [3.63, 3.8) is 0 Å². The van der Waals surface area contributed by atoms with Crippen molar-refractivity contribution < 1.29 is 28.6 Å². The normalized spacial score (nSPS) is 10.6. The second kappa shape index (κ2) is 12.4. The number of H-pyrrole nitrogens is 1. The third kappa shape index (κ3) is 6.40. The van der Waals surface area contributed by atoms with Crippen LogP contribution in [0.1, 0.15) is 46.4 Å². The average Bonchev–Trinajstić information content (AvgIpc) is 3.43. The number of esters is 2. The molecule has 35 heavy (non-hydrogen) atoms. The van der Waals surface area contributed by atoms with E-state index in [0.29, 0.717) is 28.9 Å². The molecule has 0 atom stereocenters. The van der Waals surface area contributed by atoms with Crippen LogP contribution in [0.3, 0.4) is 0 Å². The molecule has 0 radical (unpaired) electrons. The molecule has 10 nitrogen and oxygen atoms in total. The zero-order valence-electron chi connectivity index (χ0n) is 19.8. The van der Waals surface area contributed by atoms with Crippen molar-refractivity contribution in [2.75, 3.05) is 30.9 Å². The first-order chi connectivity index (χ1) is 16.9. The first kappa shape index (κ1) is 26.2. The number of nitrogens with one attached hydrogen (secondary N) is 2. The highest BCUT2D eigenvalue weighted by Gasteiger charge is 2.27. The topological polar surface area (TPSA) is 132 Å². The smallest absolute Gasteiger partial charge is 0.348 e. The van der Waals surface area contributed by atoms with Gasteiger partial charge in [0.15, 0.2) is 5.82 Å². The lowest BCUT2D eigenvalue weighted by Crippen LogP contribution is -2.16. The fourth-order valence-electron chi connectivity index (χ4n) is 3.11. The van der Waals surface area contributed by atoms with Gasteiger partial charge in [0, 0.05) is 0 Å². The quantitative estimate of drug-likeness (QED) is 0.281. The number of carbonyl (C=O) groups is 3. The van der Waals surface area contributed by atoms with Crippen molar-refractivity contribution in [3.05, 3.63) is 40.3 Å². The van der Waals surface area contributed by atoms with Gasteiger partial charge >= 0.3 is 11.9 Å². The van der Waals surface area contributed by atoms with Gasteiger partial charge in [0.05, 0.1) is 36.7 Å². The van der Waals surface area contributed by atoms with E-state index in [1.165, 1.54) is 0 Å². The number of carbonyl (C=O) groups excluding carboxylic acids is 3. The number of anilines is 1. The zero-order valence-corrected chi connectivity index (χ0v) is 21.4. The van der Waals surface area contributed by atoms with Crippen LogP contribution in [0.5, 0.6) is 5.75 Å². The molecule has 186 valence electrons. The summed E-state index contributed by atoms with van der Waals surface area (Å²) in [4.78, 5) is 42.1. The predicted octanol–water partition coefficient (Wildman–Crippen LogP) is 4.32. The molecule has 0 unspecified atom stereocenters. The number of aromatic amines is 1. The Balaban J connectivity index is 1.72. The third-order valence-corrected chi connectivity index (χ3v) is 6.61. The Kier molecular flexibility index (Phi) is 9.26. The van der Waals surface area contributed by atoms with Gasteiger partial charge in [-0.25, -0.2) is 14.6 Å². The molecule has 0 saturated heterocycles. The highest BCUT2D eigenvalue weighted by molar-refractivity contribution is 7.99. The molecule has 0 saturated carbocycles. The predicted molar refractivity (Wildman–Crippen MR) is 133 cm³/mol. The number of ether oxygens (including phenoxy) is 3. The van der Waals surface area contributed by atoms with Crippen LogP contribution in [-0.4, -0.2) is 58.6 Å². The second-order valence-electron chi connectivity index (χ2n) is 6.93. The van der Waals surface area contributed by atoms with Crippen molar-refractivity contribution in [1.29, 1.82) is 0 Å². The van der Waals surface area contributed by atoms with E-state index < -0.39 is 17.8 Å². The fraction of sp³-hybridized carbons (Fsp3) is 0.348. The molecule has 0 spiro atoms. The van der Waals surface area contributed by atoms with Crippen molar-refractivity contribution in [3.8, 4) is 17.1 Å². The number of hydrogen-bond acceptors (Lipinski definition) is 10. The van der Waals surface area contributed by atoms with Gasteiger partial charge in [0.25, 0.3) is 0 Å². The Bertz CT molecular complexity index is 1210. The fourth-order valence-corrected chi connectivity index (χ4v) is 4.81. The molecule has 12 heteroatoms. The van der Waals surface area contributed by atoms with Crippen LogP contribution in [0.2, 0.25) is 0 Å². The molecular formula is C23H26N4O6S2. The van der Waals surface area contributed by atoms with Gasteiger partial charge in [0.2, 0.25) is 11.1 Å². The summed E-state index contributed by atoms with van der Waals surface area (Å²) in [5.74, 6) is -0.384. The van der Waals surface area contributed by atoms with Crippen LogP contribution in [0.25, 0.3) is 11.4 Å². The number of benzene rings is 1. The van der Waals surface area contributed by atoms with Gasteiger partial charge in [-0.3, -0.25) is 9.89 Å². The maximum absolute atomic E-state index is 12.7. The summed E-state index contributed by atoms with van der Waals surface area (Å²) in [6.07, 6.45) is 0. The molecule has 2 aromatic heterocycles. The standard InChI is InChI=1S/C23H26N4O6S2/c1-5-31-15-11-9-8-10-14(15)19-25-23(27-26-19)34-12-16(28)24-20-17(21(29)32-6-2)13(4)18(35-20)22(30)33-7-3/h8-11H,5-7,12H2,1-4H3,(H,24,28)(H,25,26,27). The number of rotatable bonds is 11. The van der Waals surface area contributed by atoms with E-state index in [0.717, 1.165) is 28.7 Å². The van der Waals surface area contributed by atoms with Gasteiger partial charge in [0.1, 0.15) is 15.6 Å². The van der Waals surface area contributed by atoms with Crippen molar-refractivity contribution in [2.24, 2.45) is 0 Å². The number of para-hydroxylation sites is 1. The average molecular weight is 519 g/mol. The lowest BCUT2D eigenvalue weighted by atomic mass is 10.1. The summed E-state index contributed by atoms with van der Waals surface area (Å²) < 4.78 is 15.8. The molecule has 0 aliphatic heterocycles. The van der Waals surface area contributed by atoms with Crippen molar-refractivity contribution in [2.45, 2.75) is 32.9 Å². The van der Waals surface area contributed by atoms with E-state index in [9.17, 15) is 14.4 Å². The molecule has 0 bridgehead atoms. The second-order valence-corrected chi connectivity index (χ2v) is 8.90. The minimum atomic E-state index is -0.619. The molecule has 2 heterocycles. The SMILES string of the molecule is CCOC(=O)c1sc(NC(=O)CSc2n[nH]c(-c3ccccc3OCC)n2)c(C(=O)OCC)c1C. The summed E-state index contributed by atoms with van der Waals surface area (Å²) in [6.45, 7) is 7.75. The van der Waals surface area contributed by atoms with E-state index in [4.69, 9.17) is 14.2 Å². The monoisotopic (exact) mass is 518 g/mol. The van der Waals surface area contributed by atoms with E-state index >= 15 is 0 Å². The summed E-state index contributed by atoms with van der Waals surface area (Å²) in [6, 6.07) is 7.45. The Labute approximate surface area is 210 Å². The number of aromatic nitrogens is 3. The third-order valence-electron chi connectivity index (χ3n) is 4.58. The molecule has 0 fully saturated rings.